The lowest BCUT2D eigenvalue weighted by Crippen LogP contribution is -2.33. The topological polar surface area (TPSA) is 71.4 Å². The first-order valence-electron chi connectivity index (χ1n) is 11.5. The summed E-state index contributed by atoms with van der Waals surface area (Å²) in [7, 11) is 1.81. The first kappa shape index (κ1) is 24.6. The van der Waals surface area contributed by atoms with Crippen molar-refractivity contribution in [1.29, 1.82) is 0 Å². The molecule has 1 aliphatic heterocycles. The number of hydrogen-bond donors (Lipinski definition) is 2. The molecule has 0 spiro atoms. The highest BCUT2D eigenvalue weighted by atomic mass is 19.4. The van der Waals surface area contributed by atoms with Crippen LogP contribution in [0.15, 0.2) is 54.7 Å². The average Bonchev–Trinajstić information content (AvgIpc) is 3.26. The summed E-state index contributed by atoms with van der Waals surface area (Å²) in [4.78, 5) is 14.9. The van der Waals surface area contributed by atoms with Gasteiger partial charge in [-0.15, -0.1) is 0 Å². The number of halogens is 3. The number of aryl methyl sites for hydroxylation is 1. The first-order valence-corrected chi connectivity index (χ1v) is 11.5. The molecule has 186 valence electrons. The highest BCUT2D eigenvalue weighted by Crippen LogP contribution is 2.33. The van der Waals surface area contributed by atoms with Gasteiger partial charge in [-0.05, 0) is 68.4 Å². The number of carbonyl (C=O) groups excluding carboxylic acids is 1. The molecule has 2 aromatic carbocycles. The number of urea groups is 1. The fourth-order valence-corrected chi connectivity index (χ4v) is 4.11. The molecular weight excluding hydrogens is 459 g/mol. The van der Waals surface area contributed by atoms with Crippen LogP contribution in [0.3, 0.4) is 0 Å². The largest absolute Gasteiger partial charge is 0.492 e. The predicted molar refractivity (Wildman–Crippen MR) is 129 cm³/mol. The number of piperidine rings is 1. The van der Waals surface area contributed by atoms with Crippen molar-refractivity contribution in [2.75, 3.05) is 36.9 Å². The standard InChI is InChI=1S/C25H28F3N5O2/c1-32-22(10-11-29-32)21-17-20(8-9-23(21)35-15-14-33-12-3-2-4-13-33)31-24(34)30-19-7-5-6-18(16-19)25(26,27)28/h5-11,16-17H,2-4,12-15H2,1H3,(H2,30,31,34). The number of ether oxygens (including phenoxy) is 1. The number of nitrogens with one attached hydrogen (secondary N) is 2. The SMILES string of the molecule is Cn1nccc1-c1cc(NC(=O)Nc2cccc(C(F)(F)F)c2)ccc1OCCN1CCCCC1. The van der Waals surface area contributed by atoms with Crippen LogP contribution in [0.4, 0.5) is 29.3 Å². The Morgan fingerprint density at radius 3 is 2.46 bits per heavy atom. The van der Waals surface area contributed by atoms with Gasteiger partial charge in [-0.25, -0.2) is 4.79 Å². The summed E-state index contributed by atoms with van der Waals surface area (Å²) >= 11 is 0. The molecule has 1 aromatic heterocycles. The van der Waals surface area contributed by atoms with Crippen molar-refractivity contribution in [2.24, 2.45) is 7.05 Å². The molecule has 1 aliphatic rings. The number of rotatable bonds is 7. The summed E-state index contributed by atoms with van der Waals surface area (Å²) in [6, 6.07) is 10.9. The fourth-order valence-electron chi connectivity index (χ4n) is 4.11. The maximum atomic E-state index is 12.9. The Labute approximate surface area is 201 Å². The van der Waals surface area contributed by atoms with E-state index < -0.39 is 17.8 Å². The first-order chi connectivity index (χ1) is 16.8. The third kappa shape index (κ3) is 6.54. The zero-order chi connectivity index (χ0) is 24.8. The van der Waals surface area contributed by atoms with Gasteiger partial charge in [-0.1, -0.05) is 12.5 Å². The normalized spacial score (nSPS) is 14.5. The molecule has 4 rings (SSSR count). The van der Waals surface area contributed by atoms with E-state index in [0.29, 0.717) is 18.0 Å². The van der Waals surface area contributed by atoms with Crippen molar-refractivity contribution < 1.29 is 22.7 Å². The Hall–Kier alpha value is -3.53. The summed E-state index contributed by atoms with van der Waals surface area (Å²) < 4.78 is 46.6. The lowest BCUT2D eigenvalue weighted by molar-refractivity contribution is -0.137. The van der Waals surface area contributed by atoms with Gasteiger partial charge in [0.15, 0.2) is 0 Å². The number of benzene rings is 2. The molecule has 0 atom stereocenters. The molecule has 2 N–H and O–H groups in total. The molecule has 35 heavy (non-hydrogen) atoms. The third-order valence-corrected chi connectivity index (χ3v) is 5.90. The van der Waals surface area contributed by atoms with E-state index in [0.717, 1.165) is 43.0 Å². The van der Waals surface area contributed by atoms with E-state index in [1.54, 1.807) is 29.1 Å². The molecule has 7 nitrogen and oxygen atoms in total. The molecule has 2 amide bonds. The van der Waals surface area contributed by atoms with Crippen LogP contribution in [0.2, 0.25) is 0 Å². The highest BCUT2D eigenvalue weighted by molar-refractivity contribution is 6.00. The maximum Gasteiger partial charge on any atom is 0.416 e. The Kier molecular flexibility index (Phi) is 7.60. The van der Waals surface area contributed by atoms with Crippen LogP contribution in [0, 0.1) is 0 Å². The second-order valence-corrected chi connectivity index (χ2v) is 8.46. The second kappa shape index (κ2) is 10.8. The smallest absolute Gasteiger partial charge is 0.416 e. The van der Waals surface area contributed by atoms with Crippen LogP contribution in [-0.4, -0.2) is 47.0 Å². The summed E-state index contributed by atoms with van der Waals surface area (Å²) in [5.74, 6) is 0.662. The van der Waals surface area contributed by atoms with Crippen molar-refractivity contribution >= 4 is 17.4 Å². The summed E-state index contributed by atoms with van der Waals surface area (Å²) in [5, 5.41) is 9.35. The van der Waals surface area contributed by atoms with Gasteiger partial charge >= 0.3 is 12.2 Å². The van der Waals surface area contributed by atoms with Crippen molar-refractivity contribution in [2.45, 2.75) is 25.4 Å². The lowest BCUT2D eigenvalue weighted by atomic mass is 10.1. The van der Waals surface area contributed by atoms with E-state index in [4.69, 9.17) is 4.74 Å². The van der Waals surface area contributed by atoms with Gasteiger partial charge in [0.2, 0.25) is 0 Å². The zero-order valence-corrected chi connectivity index (χ0v) is 19.4. The van der Waals surface area contributed by atoms with E-state index in [2.05, 4.69) is 20.6 Å². The average molecular weight is 488 g/mol. The maximum absolute atomic E-state index is 12.9. The molecule has 0 unspecified atom stereocenters. The number of carbonyl (C=O) groups is 1. The van der Waals surface area contributed by atoms with Gasteiger partial charge in [-0.3, -0.25) is 9.58 Å². The minimum atomic E-state index is -4.49. The molecule has 10 heteroatoms. The number of hydrogen-bond acceptors (Lipinski definition) is 4. The lowest BCUT2D eigenvalue weighted by Gasteiger charge is -2.26. The van der Waals surface area contributed by atoms with Gasteiger partial charge in [0.1, 0.15) is 12.4 Å². The van der Waals surface area contributed by atoms with Crippen molar-refractivity contribution in [1.82, 2.24) is 14.7 Å². The van der Waals surface area contributed by atoms with Crippen LogP contribution >= 0.6 is 0 Å². The molecule has 0 aliphatic carbocycles. The highest BCUT2D eigenvalue weighted by Gasteiger charge is 2.30. The van der Waals surface area contributed by atoms with Gasteiger partial charge in [0.05, 0.1) is 11.3 Å². The van der Waals surface area contributed by atoms with E-state index in [-0.39, 0.29) is 5.69 Å². The second-order valence-electron chi connectivity index (χ2n) is 8.46. The number of aromatic nitrogens is 2. The van der Waals surface area contributed by atoms with Crippen LogP contribution in [0.1, 0.15) is 24.8 Å². The van der Waals surface area contributed by atoms with E-state index in [1.807, 2.05) is 13.1 Å². The number of anilines is 2. The van der Waals surface area contributed by atoms with Crippen LogP contribution in [-0.2, 0) is 13.2 Å². The quantitative estimate of drug-likeness (QED) is 0.454. The molecule has 3 aromatic rings. The fraction of sp³-hybridized carbons (Fsp3) is 0.360. The summed E-state index contributed by atoms with van der Waals surface area (Å²) in [5.41, 5.74) is 1.23. The van der Waals surface area contributed by atoms with Crippen LogP contribution in [0.25, 0.3) is 11.3 Å². The number of alkyl halides is 3. The van der Waals surface area contributed by atoms with Crippen LogP contribution in [0.5, 0.6) is 5.75 Å². The predicted octanol–water partition coefficient (Wildman–Crippen LogP) is 5.61. The molecular formula is C25H28F3N5O2. The Morgan fingerprint density at radius 2 is 1.77 bits per heavy atom. The summed E-state index contributed by atoms with van der Waals surface area (Å²) in [6.45, 7) is 3.54. The van der Waals surface area contributed by atoms with E-state index >= 15 is 0 Å². The van der Waals surface area contributed by atoms with E-state index in [1.165, 1.54) is 31.4 Å². The molecule has 0 saturated carbocycles. The molecule has 1 fully saturated rings. The van der Waals surface area contributed by atoms with Crippen molar-refractivity contribution in [3.8, 4) is 17.0 Å². The Bertz CT molecular complexity index is 1160. The minimum absolute atomic E-state index is 0.0434. The molecule has 2 heterocycles. The summed E-state index contributed by atoms with van der Waals surface area (Å²) in [6.07, 6.45) is 0.882. The zero-order valence-electron chi connectivity index (χ0n) is 19.4. The van der Waals surface area contributed by atoms with Gasteiger partial charge in [0.25, 0.3) is 0 Å². The van der Waals surface area contributed by atoms with Gasteiger partial charge in [-0.2, -0.15) is 18.3 Å². The van der Waals surface area contributed by atoms with Gasteiger partial charge < -0.3 is 15.4 Å². The number of nitrogens with zero attached hydrogens (tertiary/aromatic N) is 3. The Balaban J connectivity index is 1.46. The molecule has 0 radical (unpaired) electrons. The van der Waals surface area contributed by atoms with Gasteiger partial charge in [0, 0.05) is 36.7 Å². The minimum Gasteiger partial charge on any atom is -0.492 e. The monoisotopic (exact) mass is 487 g/mol. The van der Waals surface area contributed by atoms with Crippen molar-refractivity contribution in [3.63, 3.8) is 0 Å². The van der Waals surface area contributed by atoms with Crippen molar-refractivity contribution in [3.05, 3.63) is 60.3 Å². The molecule has 0 bridgehead atoms. The Morgan fingerprint density at radius 1 is 1.03 bits per heavy atom. The number of likely N-dealkylation sites (tertiary alicyclic amines) is 1. The molecule has 1 saturated heterocycles. The van der Waals surface area contributed by atoms with Crippen LogP contribution < -0.4 is 15.4 Å². The number of amides is 2. The third-order valence-electron chi connectivity index (χ3n) is 5.90. The van der Waals surface area contributed by atoms with E-state index in [9.17, 15) is 18.0 Å².